The van der Waals surface area contributed by atoms with Crippen molar-refractivity contribution in [2.45, 2.75) is 36.6 Å². The summed E-state index contributed by atoms with van der Waals surface area (Å²) in [6, 6.07) is 0. The molecule has 0 aromatic carbocycles. The third-order valence-electron chi connectivity index (χ3n) is 2.58. The minimum Gasteiger partial charge on any atom is -0.387 e. The fourth-order valence-electron chi connectivity index (χ4n) is 1.74. The fourth-order valence-corrected chi connectivity index (χ4v) is 2.30. The van der Waals surface area contributed by atoms with E-state index in [1.807, 2.05) is 0 Å². The minimum atomic E-state index is -4.94. The van der Waals surface area contributed by atoms with Crippen LogP contribution in [-0.2, 0) is 13.8 Å². The number of rotatable bonds is 3. The third-order valence-corrected chi connectivity index (χ3v) is 3.10. The molecule has 1 aliphatic carbocycles. The molecular formula is C7H15O9P. The van der Waals surface area contributed by atoms with E-state index in [9.17, 15) is 25.0 Å². The molecule has 0 amide bonds. The van der Waals surface area contributed by atoms with Gasteiger partial charge in [-0.3, -0.25) is 4.52 Å². The van der Waals surface area contributed by atoms with Crippen LogP contribution in [0.5, 0.6) is 0 Å². The maximum atomic E-state index is 10.7. The van der Waals surface area contributed by atoms with Gasteiger partial charge in [0.25, 0.3) is 0 Å². The van der Waals surface area contributed by atoms with Gasteiger partial charge >= 0.3 is 7.82 Å². The van der Waals surface area contributed by atoms with Gasteiger partial charge in [0.2, 0.25) is 0 Å². The van der Waals surface area contributed by atoms with Gasteiger partial charge in [-0.15, -0.1) is 0 Å². The molecule has 6 atom stereocenters. The van der Waals surface area contributed by atoms with E-state index in [1.54, 1.807) is 0 Å². The highest BCUT2D eigenvalue weighted by Gasteiger charge is 2.51. The SMILES string of the molecule is CO[C@H]1[C@H](O)[C@@H](O)[C@H](O)[C@@H](O)[C@H]1OP(=O)(O)O. The number of ether oxygens (including phenoxy) is 1. The summed E-state index contributed by atoms with van der Waals surface area (Å²) in [5, 5.41) is 37.7. The summed E-state index contributed by atoms with van der Waals surface area (Å²) in [5.41, 5.74) is 0. The van der Waals surface area contributed by atoms with E-state index in [2.05, 4.69) is 4.52 Å². The summed E-state index contributed by atoms with van der Waals surface area (Å²) in [4.78, 5) is 17.3. The number of aliphatic hydroxyl groups is 4. The van der Waals surface area contributed by atoms with E-state index >= 15 is 0 Å². The molecule has 0 bridgehead atoms. The number of phosphoric ester groups is 1. The van der Waals surface area contributed by atoms with Crippen LogP contribution in [0.3, 0.4) is 0 Å². The smallest absolute Gasteiger partial charge is 0.387 e. The first-order valence-corrected chi connectivity index (χ1v) is 6.21. The Bertz CT molecular complexity index is 304. The van der Waals surface area contributed by atoms with Crippen LogP contribution >= 0.6 is 7.82 Å². The standard InChI is InChI=1S/C7H15O9P/c1-15-6-4(10)2(8)3(9)5(11)7(6)16-17(12,13)14/h2-11H,1H3,(H2,12,13,14)/t2-,3-,4+,5+,6-,7+/m0/s1. The quantitative estimate of drug-likeness (QED) is 0.294. The second-order valence-corrected chi connectivity index (χ2v) is 4.92. The molecule has 10 heteroatoms. The van der Waals surface area contributed by atoms with Gasteiger partial charge in [0.1, 0.15) is 36.6 Å². The Morgan fingerprint density at radius 3 is 1.65 bits per heavy atom. The van der Waals surface area contributed by atoms with Crippen LogP contribution in [0.1, 0.15) is 0 Å². The van der Waals surface area contributed by atoms with E-state index in [0.29, 0.717) is 0 Å². The van der Waals surface area contributed by atoms with Crippen molar-refractivity contribution in [3.05, 3.63) is 0 Å². The van der Waals surface area contributed by atoms with Gasteiger partial charge in [0, 0.05) is 7.11 Å². The molecular weight excluding hydrogens is 259 g/mol. The van der Waals surface area contributed by atoms with Gasteiger partial charge in [-0.05, 0) is 0 Å². The predicted octanol–water partition coefficient (Wildman–Crippen LogP) is -3.06. The van der Waals surface area contributed by atoms with Crippen molar-refractivity contribution >= 4 is 7.82 Å². The summed E-state index contributed by atoms with van der Waals surface area (Å²) in [7, 11) is -3.84. The maximum Gasteiger partial charge on any atom is 0.470 e. The molecule has 1 fully saturated rings. The van der Waals surface area contributed by atoms with Gasteiger partial charge < -0.3 is 34.9 Å². The van der Waals surface area contributed by atoms with Crippen molar-refractivity contribution in [2.24, 2.45) is 0 Å². The Hall–Kier alpha value is -0.0900. The van der Waals surface area contributed by atoms with Crippen molar-refractivity contribution in [2.75, 3.05) is 7.11 Å². The monoisotopic (exact) mass is 274 g/mol. The summed E-state index contributed by atoms with van der Waals surface area (Å²) < 4.78 is 19.6. The highest BCUT2D eigenvalue weighted by atomic mass is 31.2. The Balaban J connectivity index is 2.94. The molecule has 102 valence electrons. The lowest BCUT2D eigenvalue weighted by molar-refractivity contribution is -0.225. The lowest BCUT2D eigenvalue weighted by atomic mass is 9.85. The summed E-state index contributed by atoms with van der Waals surface area (Å²) in [6.07, 6.45) is -9.98. The van der Waals surface area contributed by atoms with Crippen molar-refractivity contribution in [3.8, 4) is 0 Å². The molecule has 0 saturated heterocycles. The Labute approximate surface area is 96.5 Å². The maximum absolute atomic E-state index is 10.7. The zero-order chi connectivity index (χ0) is 13.4. The molecule has 1 saturated carbocycles. The molecule has 17 heavy (non-hydrogen) atoms. The first kappa shape index (κ1) is 15.0. The molecule has 1 aliphatic rings. The second-order valence-electron chi connectivity index (χ2n) is 3.72. The Morgan fingerprint density at radius 1 is 0.882 bits per heavy atom. The zero-order valence-corrected chi connectivity index (χ0v) is 9.71. The number of hydrogen-bond acceptors (Lipinski definition) is 7. The van der Waals surface area contributed by atoms with Gasteiger partial charge in [-0.25, -0.2) is 4.57 Å². The summed E-state index contributed by atoms with van der Waals surface area (Å²) in [5.74, 6) is 0. The predicted molar refractivity (Wildman–Crippen MR) is 51.7 cm³/mol. The number of methoxy groups -OCH3 is 1. The molecule has 9 nitrogen and oxygen atoms in total. The first-order chi connectivity index (χ1) is 7.69. The molecule has 0 spiro atoms. The lowest BCUT2D eigenvalue weighted by Crippen LogP contribution is -2.64. The topological polar surface area (TPSA) is 157 Å². The summed E-state index contributed by atoms with van der Waals surface area (Å²) >= 11 is 0. The van der Waals surface area contributed by atoms with E-state index < -0.39 is 44.4 Å². The van der Waals surface area contributed by atoms with Crippen LogP contribution in [0.15, 0.2) is 0 Å². The van der Waals surface area contributed by atoms with Crippen molar-refractivity contribution in [1.82, 2.24) is 0 Å². The highest BCUT2D eigenvalue weighted by Crippen LogP contribution is 2.41. The normalized spacial score (nSPS) is 43.7. The van der Waals surface area contributed by atoms with Crippen molar-refractivity contribution < 1.29 is 44.0 Å². The van der Waals surface area contributed by atoms with Gasteiger partial charge in [0.15, 0.2) is 0 Å². The van der Waals surface area contributed by atoms with Crippen LogP contribution in [0.25, 0.3) is 0 Å². The Morgan fingerprint density at radius 2 is 1.29 bits per heavy atom. The van der Waals surface area contributed by atoms with Crippen LogP contribution < -0.4 is 0 Å². The van der Waals surface area contributed by atoms with Crippen molar-refractivity contribution in [1.29, 1.82) is 0 Å². The van der Waals surface area contributed by atoms with Gasteiger partial charge in [0.05, 0.1) is 0 Å². The average Bonchev–Trinajstić information content (AvgIpc) is 2.22. The second kappa shape index (κ2) is 5.27. The van der Waals surface area contributed by atoms with E-state index in [4.69, 9.17) is 14.5 Å². The molecule has 0 aliphatic heterocycles. The molecule has 0 radical (unpaired) electrons. The first-order valence-electron chi connectivity index (χ1n) is 4.68. The van der Waals surface area contributed by atoms with Crippen LogP contribution in [0.4, 0.5) is 0 Å². The van der Waals surface area contributed by atoms with E-state index in [1.165, 1.54) is 0 Å². The largest absolute Gasteiger partial charge is 0.470 e. The number of aliphatic hydroxyl groups excluding tert-OH is 4. The Kier molecular flexibility index (Phi) is 4.64. The van der Waals surface area contributed by atoms with Crippen LogP contribution in [0, 0.1) is 0 Å². The average molecular weight is 274 g/mol. The van der Waals surface area contributed by atoms with Crippen molar-refractivity contribution in [3.63, 3.8) is 0 Å². The van der Waals surface area contributed by atoms with Crippen LogP contribution in [-0.4, -0.2) is 73.9 Å². The summed E-state index contributed by atoms with van der Waals surface area (Å²) in [6.45, 7) is 0. The molecule has 0 heterocycles. The molecule has 1 rings (SSSR count). The lowest BCUT2D eigenvalue weighted by Gasteiger charge is -2.42. The molecule has 0 aromatic heterocycles. The molecule has 6 N–H and O–H groups in total. The molecule has 0 unspecified atom stereocenters. The fraction of sp³-hybridized carbons (Fsp3) is 1.00. The van der Waals surface area contributed by atoms with Gasteiger partial charge in [-0.1, -0.05) is 0 Å². The zero-order valence-electron chi connectivity index (χ0n) is 8.82. The van der Waals surface area contributed by atoms with Gasteiger partial charge in [-0.2, -0.15) is 0 Å². The minimum absolute atomic E-state index is 1.10. The van der Waals surface area contributed by atoms with E-state index in [-0.39, 0.29) is 0 Å². The van der Waals surface area contributed by atoms with Crippen LogP contribution in [0.2, 0.25) is 0 Å². The molecule has 0 aromatic rings. The highest BCUT2D eigenvalue weighted by molar-refractivity contribution is 7.46. The third kappa shape index (κ3) is 3.22. The number of phosphoric acid groups is 1. The van der Waals surface area contributed by atoms with E-state index in [0.717, 1.165) is 7.11 Å². The number of hydrogen-bond donors (Lipinski definition) is 6.